The molecule has 170 valence electrons. The van der Waals surface area contributed by atoms with Crippen molar-refractivity contribution in [3.05, 3.63) is 95.0 Å². The molecule has 2 N–H and O–H groups in total. The van der Waals surface area contributed by atoms with Crippen LogP contribution in [0.15, 0.2) is 71.9 Å². The average molecular weight is 476 g/mol. The highest BCUT2D eigenvalue weighted by Gasteiger charge is 2.17. The molecule has 3 aromatic heterocycles. The molecule has 0 aliphatic rings. The molecule has 0 atom stereocenters. The topological polar surface area (TPSA) is 102 Å². The van der Waals surface area contributed by atoms with Crippen LogP contribution >= 0.6 is 11.3 Å². The number of carbonyl (C=O) groups is 2. The number of hydrogen-bond donors (Lipinski definition) is 2. The number of imidazole rings is 1. The number of benzene rings is 2. The largest absolute Gasteiger partial charge is 0.463 e. The molecule has 0 spiro atoms. The van der Waals surface area contributed by atoms with Crippen molar-refractivity contribution < 1.29 is 18.4 Å². The maximum Gasteiger partial charge on any atom is 0.273 e. The first kappa shape index (κ1) is 21.5. The van der Waals surface area contributed by atoms with Gasteiger partial charge in [0.25, 0.3) is 11.8 Å². The number of aromatic nitrogens is 3. The number of aryl methyl sites for hydroxylation is 1. The van der Waals surface area contributed by atoms with E-state index in [0.29, 0.717) is 39.5 Å². The SMILES string of the molecule is Cn1cncc1C(=O)Nc1ccc2occ(C(=O)Nc3ncc(Cc4ccc(F)cc4)s3)c2c1. The summed E-state index contributed by atoms with van der Waals surface area (Å²) in [6.07, 6.45) is 6.66. The Labute approximate surface area is 197 Å². The predicted molar refractivity (Wildman–Crippen MR) is 127 cm³/mol. The summed E-state index contributed by atoms with van der Waals surface area (Å²) in [5.74, 6) is -0.977. The maximum absolute atomic E-state index is 13.1. The minimum Gasteiger partial charge on any atom is -0.463 e. The summed E-state index contributed by atoms with van der Waals surface area (Å²) in [7, 11) is 1.73. The predicted octanol–water partition coefficient (Wildman–Crippen LogP) is 4.86. The van der Waals surface area contributed by atoms with Gasteiger partial charge in [-0.2, -0.15) is 0 Å². The lowest BCUT2D eigenvalue weighted by molar-refractivity contribution is 0.101. The van der Waals surface area contributed by atoms with Gasteiger partial charge >= 0.3 is 0 Å². The van der Waals surface area contributed by atoms with Crippen LogP contribution in [0.1, 0.15) is 31.3 Å². The van der Waals surface area contributed by atoms with Gasteiger partial charge in [0.05, 0.1) is 18.1 Å². The lowest BCUT2D eigenvalue weighted by atomic mass is 10.1. The number of amides is 2. The van der Waals surface area contributed by atoms with Gasteiger partial charge in [-0.3, -0.25) is 14.9 Å². The van der Waals surface area contributed by atoms with Crippen LogP contribution in [0.25, 0.3) is 11.0 Å². The Morgan fingerprint density at radius 1 is 1.09 bits per heavy atom. The smallest absolute Gasteiger partial charge is 0.273 e. The molecule has 0 bridgehead atoms. The summed E-state index contributed by atoms with van der Waals surface area (Å²) in [4.78, 5) is 34.5. The highest BCUT2D eigenvalue weighted by molar-refractivity contribution is 7.15. The van der Waals surface area contributed by atoms with Crippen LogP contribution in [0.2, 0.25) is 0 Å². The first-order valence-corrected chi connectivity index (χ1v) is 11.1. The van der Waals surface area contributed by atoms with E-state index in [-0.39, 0.29) is 17.6 Å². The summed E-state index contributed by atoms with van der Waals surface area (Å²) >= 11 is 1.34. The molecule has 34 heavy (non-hydrogen) atoms. The number of carbonyl (C=O) groups excluding carboxylic acids is 2. The summed E-state index contributed by atoms with van der Waals surface area (Å²) in [6.45, 7) is 0. The molecule has 0 saturated heterocycles. The van der Waals surface area contributed by atoms with E-state index in [1.54, 1.807) is 54.5 Å². The second kappa shape index (κ2) is 8.91. The van der Waals surface area contributed by atoms with Crippen LogP contribution in [0, 0.1) is 5.82 Å². The lowest BCUT2D eigenvalue weighted by Gasteiger charge is -2.06. The molecular weight excluding hydrogens is 457 g/mol. The second-order valence-electron chi connectivity index (χ2n) is 7.59. The van der Waals surface area contributed by atoms with E-state index >= 15 is 0 Å². The average Bonchev–Trinajstić information content (AvgIpc) is 3.55. The van der Waals surface area contributed by atoms with E-state index < -0.39 is 0 Å². The molecule has 0 aliphatic heterocycles. The Morgan fingerprint density at radius 2 is 1.91 bits per heavy atom. The van der Waals surface area contributed by atoms with Crippen molar-refractivity contribution in [1.82, 2.24) is 14.5 Å². The normalized spacial score (nSPS) is 11.0. The van der Waals surface area contributed by atoms with Gasteiger partial charge in [0.15, 0.2) is 5.13 Å². The molecule has 10 heteroatoms. The van der Waals surface area contributed by atoms with Gasteiger partial charge < -0.3 is 14.3 Å². The molecule has 8 nitrogen and oxygen atoms in total. The second-order valence-corrected chi connectivity index (χ2v) is 8.71. The summed E-state index contributed by atoms with van der Waals surface area (Å²) in [5, 5.41) is 6.60. The van der Waals surface area contributed by atoms with Crippen LogP contribution in [0.3, 0.4) is 0 Å². The number of anilines is 2. The van der Waals surface area contributed by atoms with Gasteiger partial charge in [-0.15, -0.1) is 11.3 Å². The molecular formula is C24H18FN5O3S. The van der Waals surface area contributed by atoms with Crippen molar-refractivity contribution in [2.45, 2.75) is 6.42 Å². The molecule has 0 aliphatic carbocycles. The van der Waals surface area contributed by atoms with Gasteiger partial charge in [0.2, 0.25) is 0 Å². The fourth-order valence-electron chi connectivity index (χ4n) is 3.47. The van der Waals surface area contributed by atoms with E-state index in [4.69, 9.17) is 4.42 Å². The quantitative estimate of drug-likeness (QED) is 0.365. The van der Waals surface area contributed by atoms with Crippen molar-refractivity contribution in [2.75, 3.05) is 10.6 Å². The zero-order valence-corrected chi connectivity index (χ0v) is 18.7. The number of nitrogens with zero attached hydrogens (tertiary/aromatic N) is 3. The monoisotopic (exact) mass is 475 g/mol. The Kier molecular flexibility index (Phi) is 5.64. The van der Waals surface area contributed by atoms with Gasteiger partial charge in [-0.05, 0) is 35.9 Å². The number of halogens is 1. The van der Waals surface area contributed by atoms with Gasteiger partial charge in [0, 0.05) is 35.6 Å². The van der Waals surface area contributed by atoms with Crippen LogP contribution < -0.4 is 10.6 Å². The molecule has 2 amide bonds. The first-order valence-electron chi connectivity index (χ1n) is 10.3. The lowest BCUT2D eigenvalue weighted by Crippen LogP contribution is -2.15. The Morgan fingerprint density at radius 3 is 2.68 bits per heavy atom. The molecule has 5 rings (SSSR count). The molecule has 2 aromatic carbocycles. The number of nitrogens with one attached hydrogen (secondary N) is 2. The number of fused-ring (bicyclic) bond motifs is 1. The fraction of sp³-hybridized carbons (Fsp3) is 0.0833. The molecule has 5 aromatic rings. The van der Waals surface area contributed by atoms with Crippen molar-refractivity contribution in [3.63, 3.8) is 0 Å². The minimum atomic E-state index is -0.378. The van der Waals surface area contributed by atoms with E-state index in [1.165, 1.54) is 35.9 Å². The molecule has 0 fully saturated rings. The number of hydrogen-bond acceptors (Lipinski definition) is 6. The highest BCUT2D eigenvalue weighted by Crippen LogP contribution is 2.27. The third-order valence-corrected chi connectivity index (χ3v) is 6.10. The molecule has 0 radical (unpaired) electrons. The van der Waals surface area contributed by atoms with Gasteiger partial charge in [-0.25, -0.2) is 14.4 Å². The van der Waals surface area contributed by atoms with Crippen molar-refractivity contribution in [3.8, 4) is 0 Å². The zero-order chi connectivity index (χ0) is 23.7. The standard InChI is InChI=1S/C24H18FN5O3S/c1-30-13-26-11-20(30)23(32)28-16-6-7-21-18(9-16)19(12-33-21)22(31)29-24-27-10-17(34-24)8-14-2-4-15(25)5-3-14/h2-7,9-13H,8H2,1H3,(H,28,32)(H,27,29,31). The van der Waals surface area contributed by atoms with Gasteiger partial charge in [0.1, 0.15) is 23.4 Å². The first-order chi connectivity index (χ1) is 16.5. The fourth-order valence-corrected chi connectivity index (χ4v) is 4.31. The van der Waals surface area contributed by atoms with E-state index in [0.717, 1.165) is 10.4 Å². The molecule has 0 saturated carbocycles. The summed E-state index contributed by atoms with van der Waals surface area (Å²) in [5.41, 5.74) is 2.71. The Balaban J connectivity index is 1.31. The highest BCUT2D eigenvalue weighted by atomic mass is 32.1. The van der Waals surface area contributed by atoms with Gasteiger partial charge in [-0.1, -0.05) is 12.1 Å². The zero-order valence-electron chi connectivity index (χ0n) is 17.9. The molecule has 0 unspecified atom stereocenters. The summed E-state index contributed by atoms with van der Waals surface area (Å²) in [6, 6.07) is 11.3. The van der Waals surface area contributed by atoms with Crippen molar-refractivity contribution in [2.24, 2.45) is 7.05 Å². The van der Waals surface area contributed by atoms with Crippen LogP contribution in [0.4, 0.5) is 15.2 Å². The number of furan rings is 1. The minimum absolute atomic E-state index is 0.284. The van der Waals surface area contributed by atoms with Crippen molar-refractivity contribution >= 4 is 44.9 Å². The van der Waals surface area contributed by atoms with E-state index in [2.05, 4.69) is 20.6 Å². The maximum atomic E-state index is 13.1. The van der Waals surface area contributed by atoms with E-state index in [1.807, 2.05) is 0 Å². The van der Waals surface area contributed by atoms with Crippen LogP contribution in [0.5, 0.6) is 0 Å². The third kappa shape index (κ3) is 4.44. The molecule has 3 heterocycles. The Hall–Kier alpha value is -4.31. The van der Waals surface area contributed by atoms with E-state index in [9.17, 15) is 14.0 Å². The Bertz CT molecular complexity index is 1500. The number of rotatable bonds is 6. The number of thiazole rings is 1. The third-order valence-electron chi connectivity index (χ3n) is 5.19. The summed E-state index contributed by atoms with van der Waals surface area (Å²) < 4.78 is 20.2. The van der Waals surface area contributed by atoms with Crippen molar-refractivity contribution in [1.29, 1.82) is 0 Å². The van der Waals surface area contributed by atoms with Crippen LogP contribution in [-0.4, -0.2) is 26.3 Å². The van der Waals surface area contributed by atoms with Crippen LogP contribution in [-0.2, 0) is 13.5 Å².